The predicted octanol–water partition coefficient (Wildman–Crippen LogP) is 19.1. The maximum Gasteiger partial charge on any atom is 0.305 e. The van der Waals surface area contributed by atoms with E-state index in [9.17, 15) is 19.8 Å². The number of ether oxygens (including phenoxy) is 1. The number of hydrogen-bond donors (Lipinski definition) is 3. The smallest absolute Gasteiger partial charge is 0.305 e. The first kappa shape index (κ1) is 65.9. The zero-order chi connectivity index (χ0) is 48.6. The molecule has 0 aromatic heterocycles. The molecule has 67 heavy (non-hydrogen) atoms. The molecule has 0 bridgehead atoms. The minimum atomic E-state index is -0.667. The molecule has 0 aliphatic carbocycles. The molecule has 6 nitrogen and oxygen atoms in total. The number of amides is 1. The first-order chi connectivity index (χ1) is 33.0. The summed E-state index contributed by atoms with van der Waals surface area (Å²) >= 11 is 0. The molecule has 6 heteroatoms. The van der Waals surface area contributed by atoms with Crippen LogP contribution in [0, 0.1) is 0 Å². The summed E-state index contributed by atoms with van der Waals surface area (Å²) < 4.78 is 5.46. The van der Waals surface area contributed by atoms with Gasteiger partial charge in [-0.1, -0.05) is 316 Å². The summed E-state index contributed by atoms with van der Waals surface area (Å²) in [5.74, 6) is -0.0292. The van der Waals surface area contributed by atoms with E-state index in [1.54, 1.807) is 0 Å². The zero-order valence-electron chi connectivity index (χ0n) is 45.7. The molecule has 0 fully saturated rings. The largest absolute Gasteiger partial charge is 0.466 e. The van der Waals surface area contributed by atoms with Crippen LogP contribution in [0.5, 0.6) is 0 Å². The molecule has 0 saturated carbocycles. The van der Waals surface area contributed by atoms with E-state index in [1.165, 1.54) is 283 Å². The minimum absolute atomic E-state index is 0.00638. The fourth-order valence-electron chi connectivity index (χ4n) is 9.94. The van der Waals surface area contributed by atoms with Crippen LogP contribution >= 0.6 is 0 Å². The van der Waals surface area contributed by atoms with Gasteiger partial charge < -0.3 is 20.3 Å². The van der Waals surface area contributed by atoms with Crippen molar-refractivity contribution >= 4 is 11.9 Å². The summed E-state index contributed by atoms with van der Waals surface area (Å²) in [5, 5.41) is 23.4. The van der Waals surface area contributed by atoms with Crippen molar-refractivity contribution in [1.29, 1.82) is 0 Å². The van der Waals surface area contributed by atoms with E-state index in [2.05, 4.69) is 19.2 Å². The van der Waals surface area contributed by atoms with Crippen molar-refractivity contribution < 1.29 is 24.5 Å². The number of rotatable bonds is 58. The number of carbonyl (C=O) groups is 2. The second-order valence-electron chi connectivity index (χ2n) is 21.4. The zero-order valence-corrected chi connectivity index (χ0v) is 45.7. The molecular weight excluding hydrogens is 827 g/mol. The summed E-state index contributed by atoms with van der Waals surface area (Å²) in [7, 11) is 0. The Labute approximate surface area is 419 Å². The number of hydrogen-bond acceptors (Lipinski definition) is 5. The van der Waals surface area contributed by atoms with Gasteiger partial charge >= 0.3 is 5.97 Å². The average molecular weight is 949 g/mol. The van der Waals surface area contributed by atoms with Crippen LogP contribution in [-0.2, 0) is 14.3 Å². The highest BCUT2D eigenvalue weighted by atomic mass is 16.5. The van der Waals surface area contributed by atoms with E-state index in [1.807, 2.05) is 0 Å². The summed E-state index contributed by atoms with van der Waals surface area (Å²) in [6, 6.07) is -0.545. The van der Waals surface area contributed by atoms with E-state index in [4.69, 9.17) is 4.74 Å². The van der Waals surface area contributed by atoms with Crippen LogP contribution in [0.25, 0.3) is 0 Å². The minimum Gasteiger partial charge on any atom is -0.466 e. The second kappa shape index (κ2) is 57.4. The number of unbranched alkanes of at least 4 members (excludes halogenated alkanes) is 47. The summed E-state index contributed by atoms with van der Waals surface area (Å²) in [5.41, 5.74) is 0. The van der Waals surface area contributed by atoms with Crippen LogP contribution in [0.2, 0.25) is 0 Å². The lowest BCUT2D eigenvalue weighted by Crippen LogP contribution is -2.45. The van der Waals surface area contributed by atoms with Gasteiger partial charge in [0.2, 0.25) is 5.91 Å². The third kappa shape index (κ3) is 54.0. The van der Waals surface area contributed by atoms with Crippen molar-refractivity contribution in [3.05, 3.63) is 0 Å². The van der Waals surface area contributed by atoms with Gasteiger partial charge in [-0.2, -0.15) is 0 Å². The normalized spacial score (nSPS) is 12.5. The lowest BCUT2D eigenvalue weighted by Gasteiger charge is -2.22. The lowest BCUT2D eigenvalue weighted by atomic mass is 10.0. The lowest BCUT2D eigenvalue weighted by molar-refractivity contribution is -0.143. The quantitative estimate of drug-likeness (QED) is 0.0417. The Bertz CT molecular complexity index is 959. The Balaban J connectivity index is 3.41. The van der Waals surface area contributed by atoms with Gasteiger partial charge in [0.25, 0.3) is 0 Å². The highest BCUT2D eigenvalue weighted by Gasteiger charge is 2.20. The molecule has 3 N–H and O–H groups in total. The van der Waals surface area contributed by atoms with Gasteiger partial charge in [0.15, 0.2) is 0 Å². The third-order valence-electron chi connectivity index (χ3n) is 14.7. The van der Waals surface area contributed by atoms with Gasteiger partial charge in [0, 0.05) is 12.8 Å². The Morgan fingerprint density at radius 1 is 0.358 bits per heavy atom. The molecule has 2 atom stereocenters. The van der Waals surface area contributed by atoms with Crippen molar-refractivity contribution in [1.82, 2.24) is 5.32 Å². The molecular formula is C61H121NO5. The highest BCUT2D eigenvalue weighted by Crippen LogP contribution is 2.18. The Morgan fingerprint density at radius 3 is 0.910 bits per heavy atom. The van der Waals surface area contributed by atoms with Gasteiger partial charge in [0.05, 0.1) is 25.4 Å². The summed E-state index contributed by atoms with van der Waals surface area (Å²) in [6.07, 6.45) is 66.8. The molecule has 0 radical (unpaired) electrons. The fraction of sp³-hybridized carbons (Fsp3) is 0.967. The molecule has 0 aromatic rings. The van der Waals surface area contributed by atoms with Crippen LogP contribution in [0.4, 0.5) is 0 Å². The molecule has 0 rings (SSSR count). The first-order valence-electron chi connectivity index (χ1n) is 30.8. The Morgan fingerprint density at radius 2 is 0.612 bits per heavy atom. The standard InChI is InChI=1S/C61H121NO5/c1-3-5-7-9-11-13-15-16-17-18-19-20-21-22-24-27-30-34-37-41-45-49-53-59(64)58(57-63)62-60(65)54-50-46-42-38-35-31-28-25-23-26-29-32-36-40-44-48-52-56-67-61(66)55-51-47-43-39-33-14-12-10-8-6-4-2/h58-59,63-64H,3-57H2,1-2H3,(H,62,65). The second-order valence-corrected chi connectivity index (χ2v) is 21.4. The van der Waals surface area contributed by atoms with Crippen LogP contribution in [-0.4, -0.2) is 47.4 Å². The van der Waals surface area contributed by atoms with Crippen molar-refractivity contribution in [2.75, 3.05) is 13.2 Å². The molecule has 1 amide bonds. The molecule has 2 unspecified atom stereocenters. The summed E-state index contributed by atoms with van der Waals surface area (Å²) in [6.45, 7) is 4.97. The van der Waals surface area contributed by atoms with Crippen molar-refractivity contribution in [3.63, 3.8) is 0 Å². The molecule has 0 aromatic carbocycles. The number of esters is 1. The SMILES string of the molecule is CCCCCCCCCCCCCCCCCCCCCCCCC(O)C(CO)NC(=O)CCCCCCCCCCCCCCCCCCCOC(=O)CCCCCCCCCCCCC. The van der Waals surface area contributed by atoms with E-state index >= 15 is 0 Å². The van der Waals surface area contributed by atoms with Crippen LogP contribution in [0.1, 0.15) is 354 Å². The van der Waals surface area contributed by atoms with Gasteiger partial charge in [-0.05, 0) is 25.7 Å². The molecule has 0 spiro atoms. The van der Waals surface area contributed by atoms with Crippen LogP contribution in [0.15, 0.2) is 0 Å². The van der Waals surface area contributed by atoms with E-state index < -0.39 is 12.1 Å². The van der Waals surface area contributed by atoms with Crippen molar-refractivity contribution in [2.45, 2.75) is 366 Å². The first-order valence-corrected chi connectivity index (χ1v) is 30.8. The predicted molar refractivity (Wildman–Crippen MR) is 292 cm³/mol. The number of aliphatic hydroxyl groups is 2. The van der Waals surface area contributed by atoms with Gasteiger partial charge in [-0.25, -0.2) is 0 Å². The van der Waals surface area contributed by atoms with E-state index in [-0.39, 0.29) is 18.5 Å². The van der Waals surface area contributed by atoms with E-state index in [0.717, 1.165) is 38.5 Å². The molecule has 0 aliphatic rings. The van der Waals surface area contributed by atoms with Gasteiger partial charge in [-0.3, -0.25) is 9.59 Å². The highest BCUT2D eigenvalue weighted by molar-refractivity contribution is 5.76. The summed E-state index contributed by atoms with van der Waals surface area (Å²) in [4.78, 5) is 24.5. The molecule has 400 valence electrons. The van der Waals surface area contributed by atoms with E-state index in [0.29, 0.717) is 25.9 Å². The monoisotopic (exact) mass is 948 g/mol. The van der Waals surface area contributed by atoms with Gasteiger partial charge in [-0.15, -0.1) is 0 Å². The molecule has 0 aliphatic heterocycles. The Kier molecular flexibility index (Phi) is 56.5. The van der Waals surface area contributed by atoms with Gasteiger partial charge in [0.1, 0.15) is 0 Å². The number of nitrogens with one attached hydrogen (secondary N) is 1. The van der Waals surface area contributed by atoms with Crippen molar-refractivity contribution in [2.24, 2.45) is 0 Å². The number of carbonyl (C=O) groups excluding carboxylic acids is 2. The van der Waals surface area contributed by atoms with Crippen LogP contribution in [0.3, 0.4) is 0 Å². The maximum atomic E-state index is 12.5. The Hall–Kier alpha value is -1.14. The number of aliphatic hydroxyl groups excluding tert-OH is 2. The average Bonchev–Trinajstić information content (AvgIpc) is 3.33. The van der Waals surface area contributed by atoms with Crippen molar-refractivity contribution in [3.8, 4) is 0 Å². The molecule has 0 heterocycles. The third-order valence-corrected chi connectivity index (χ3v) is 14.7. The maximum absolute atomic E-state index is 12.5. The topological polar surface area (TPSA) is 95.9 Å². The molecule has 0 saturated heterocycles. The van der Waals surface area contributed by atoms with Crippen LogP contribution < -0.4 is 5.32 Å². The fourth-order valence-corrected chi connectivity index (χ4v) is 9.94.